The second-order valence-corrected chi connectivity index (χ2v) is 7.90. The Balaban J connectivity index is 1.46. The molecule has 0 aliphatic carbocycles. The summed E-state index contributed by atoms with van der Waals surface area (Å²) in [6.45, 7) is 1.40. The Morgan fingerprint density at radius 3 is 2.35 bits per heavy atom. The molecule has 3 aromatic carbocycles. The van der Waals surface area contributed by atoms with Gasteiger partial charge in [0.2, 0.25) is 0 Å². The zero-order valence-electron chi connectivity index (χ0n) is 18.2. The molecule has 0 aliphatic heterocycles. The molecule has 170 valence electrons. The van der Waals surface area contributed by atoms with Gasteiger partial charge in [-0.2, -0.15) is 0 Å². The van der Waals surface area contributed by atoms with E-state index in [1.807, 2.05) is 37.3 Å². The zero-order chi connectivity index (χ0) is 24.1. The second kappa shape index (κ2) is 10.1. The smallest absolute Gasteiger partial charge is 0.339 e. The molecule has 34 heavy (non-hydrogen) atoms. The van der Waals surface area contributed by atoms with E-state index in [4.69, 9.17) is 16.3 Å². The number of carbonyl (C=O) groups is 3. The fraction of sp³-hybridized carbons (Fsp3) is 0.0769. The molecule has 0 saturated carbocycles. The number of nitrogens with one attached hydrogen (secondary N) is 2. The summed E-state index contributed by atoms with van der Waals surface area (Å²) in [4.78, 5) is 41.8. The van der Waals surface area contributed by atoms with Crippen LogP contribution in [0.25, 0.3) is 22.2 Å². The van der Waals surface area contributed by atoms with Gasteiger partial charge in [0.1, 0.15) is 0 Å². The normalized spacial score (nSPS) is 10.5. The third-order valence-electron chi connectivity index (χ3n) is 5.05. The molecule has 0 atom stereocenters. The van der Waals surface area contributed by atoms with Gasteiger partial charge in [0.25, 0.3) is 11.8 Å². The monoisotopic (exact) mass is 473 g/mol. The van der Waals surface area contributed by atoms with Crippen molar-refractivity contribution >= 4 is 40.3 Å². The molecule has 0 aliphatic rings. The molecule has 0 radical (unpaired) electrons. The van der Waals surface area contributed by atoms with Crippen LogP contribution < -0.4 is 10.9 Å². The Hall–Kier alpha value is -4.23. The zero-order valence-corrected chi connectivity index (χ0v) is 18.9. The minimum atomic E-state index is -0.703. The summed E-state index contributed by atoms with van der Waals surface area (Å²) < 4.78 is 5.21. The molecule has 2 amide bonds. The maximum absolute atomic E-state index is 12.9. The van der Waals surface area contributed by atoms with Crippen molar-refractivity contribution in [2.45, 2.75) is 6.92 Å². The number of benzene rings is 3. The van der Waals surface area contributed by atoms with Crippen molar-refractivity contribution in [1.29, 1.82) is 0 Å². The molecule has 7 nitrogen and oxygen atoms in total. The fourth-order valence-electron chi connectivity index (χ4n) is 3.30. The van der Waals surface area contributed by atoms with E-state index in [0.717, 1.165) is 11.1 Å². The largest absolute Gasteiger partial charge is 0.452 e. The molecule has 4 aromatic rings. The van der Waals surface area contributed by atoms with Gasteiger partial charge in [-0.3, -0.25) is 20.4 Å². The number of amides is 2. The van der Waals surface area contributed by atoms with E-state index < -0.39 is 24.4 Å². The number of hydrogen-bond donors (Lipinski definition) is 2. The van der Waals surface area contributed by atoms with Gasteiger partial charge in [-0.15, -0.1) is 0 Å². The van der Waals surface area contributed by atoms with E-state index in [0.29, 0.717) is 16.6 Å². The average molecular weight is 474 g/mol. The highest BCUT2D eigenvalue weighted by molar-refractivity contribution is 6.33. The number of fused-ring (bicyclic) bond motifs is 1. The van der Waals surface area contributed by atoms with Crippen LogP contribution in [0.2, 0.25) is 5.02 Å². The second-order valence-electron chi connectivity index (χ2n) is 7.50. The highest BCUT2D eigenvalue weighted by Gasteiger charge is 2.17. The van der Waals surface area contributed by atoms with E-state index >= 15 is 0 Å². The number of rotatable bonds is 5. The van der Waals surface area contributed by atoms with Crippen LogP contribution >= 0.6 is 11.6 Å². The summed E-state index contributed by atoms with van der Waals surface area (Å²) in [6, 6.07) is 23.0. The fourth-order valence-corrected chi connectivity index (χ4v) is 3.52. The average Bonchev–Trinajstić information content (AvgIpc) is 2.86. The quantitative estimate of drug-likeness (QED) is 0.329. The molecule has 8 heteroatoms. The van der Waals surface area contributed by atoms with Crippen molar-refractivity contribution < 1.29 is 19.1 Å². The number of carbonyl (C=O) groups excluding carboxylic acids is 3. The molecule has 1 aromatic heterocycles. The Labute approximate surface area is 200 Å². The predicted molar refractivity (Wildman–Crippen MR) is 129 cm³/mol. The van der Waals surface area contributed by atoms with Gasteiger partial charge in [-0.25, -0.2) is 9.78 Å². The van der Waals surface area contributed by atoms with Crippen LogP contribution in [0.1, 0.15) is 26.3 Å². The first-order valence-corrected chi connectivity index (χ1v) is 10.8. The summed E-state index contributed by atoms with van der Waals surface area (Å²) in [5, 5.41) is 0.852. The Bertz CT molecular complexity index is 1390. The van der Waals surface area contributed by atoms with E-state index in [9.17, 15) is 14.4 Å². The molecule has 0 saturated heterocycles. The van der Waals surface area contributed by atoms with Crippen LogP contribution in [-0.2, 0) is 9.53 Å². The van der Waals surface area contributed by atoms with Gasteiger partial charge in [0.15, 0.2) is 6.61 Å². The molecule has 4 rings (SSSR count). The van der Waals surface area contributed by atoms with Gasteiger partial charge >= 0.3 is 5.97 Å². The van der Waals surface area contributed by atoms with Crippen molar-refractivity contribution in [3.63, 3.8) is 0 Å². The number of ether oxygens (including phenoxy) is 1. The molecule has 0 fully saturated rings. The highest BCUT2D eigenvalue weighted by Crippen LogP contribution is 2.25. The third kappa shape index (κ3) is 5.22. The van der Waals surface area contributed by atoms with Crippen molar-refractivity contribution in [3.05, 3.63) is 101 Å². The standard InChI is InChI=1S/C26H20ClN3O4/c1-16-10-12-17(13-11-16)23-14-20(18-6-3-5-9-22(18)28-23)26(33)34-15-24(31)29-30-25(32)19-7-2-4-8-21(19)27/h2-14H,15H2,1H3,(H,29,31)(H,30,32). The molecule has 2 N–H and O–H groups in total. The highest BCUT2D eigenvalue weighted by atomic mass is 35.5. The number of aryl methyl sites for hydroxylation is 1. The third-order valence-corrected chi connectivity index (χ3v) is 5.38. The minimum absolute atomic E-state index is 0.202. The van der Waals surface area contributed by atoms with Crippen molar-refractivity contribution in [2.75, 3.05) is 6.61 Å². The lowest BCUT2D eigenvalue weighted by molar-refractivity contribution is -0.125. The summed E-state index contributed by atoms with van der Waals surface area (Å²) in [5.41, 5.74) is 8.14. The maximum Gasteiger partial charge on any atom is 0.339 e. The lowest BCUT2D eigenvalue weighted by Gasteiger charge is -2.11. The van der Waals surface area contributed by atoms with Gasteiger partial charge < -0.3 is 4.74 Å². The molecular formula is C26H20ClN3O4. The number of para-hydroxylation sites is 1. The number of esters is 1. The molecule has 1 heterocycles. The van der Waals surface area contributed by atoms with E-state index in [1.54, 1.807) is 42.5 Å². The maximum atomic E-state index is 12.9. The molecule has 0 spiro atoms. The number of hydrazine groups is 1. The molecular weight excluding hydrogens is 454 g/mol. The van der Waals surface area contributed by atoms with Crippen molar-refractivity contribution in [3.8, 4) is 11.3 Å². The van der Waals surface area contributed by atoms with E-state index in [-0.39, 0.29) is 16.1 Å². The lowest BCUT2D eigenvalue weighted by atomic mass is 10.0. The van der Waals surface area contributed by atoms with Crippen LogP contribution in [0, 0.1) is 6.92 Å². The van der Waals surface area contributed by atoms with Crippen LogP contribution in [0.3, 0.4) is 0 Å². The topological polar surface area (TPSA) is 97.4 Å². The van der Waals surface area contributed by atoms with Gasteiger partial charge in [0, 0.05) is 10.9 Å². The predicted octanol–water partition coefficient (Wildman–Crippen LogP) is 4.48. The first-order valence-electron chi connectivity index (χ1n) is 10.4. The Kier molecular flexibility index (Phi) is 6.85. The van der Waals surface area contributed by atoms with E-state index in [1.165, 1.54) is 6.07 Å². The van der Waals surface area contributed by atoms with Crippen LogP contribution in [0.4, 0.5) is 0 Å². The summed E-state index contributed by atoms with van der Waals surface area (Å²) in [5.74, 6) is -1.97. The van der Waals surface area contributed by atoms with Gasteiger partial charge in [-0.05, 0) is 31.2 Å². The summed E-state index contributed by atoms with van der Waals surface area (Å²) >= 11 is 5.97. The molecule has 0 bridgehead atoms. The van der Waals surface area contributed by atoms with Crippen molar-refractivity contribution in [2.24, 2.45) is 0 Å². The van der Waals surface area contributed by atoms with Gasteiger partial charge in [-0.1, -0.05) is 71.8 Å². The van der Waals surface area contributed by atoms with Gasteiger partial charge in [0.05, 0.1) is 27.4 Å². The van der Waals surface area contributed by atoms with Crippen molar-refractivity contribution in [1.82, 2.24) is 15.8 Å². The van der Waals surface area contributed by atoms with E-state index in [2.05, 4.69) is 15.8 Å². The SMILES string of the molecule is Cc1ccc(-c2cc(C(=O)OCC(=O)NNC(=O)c3ccccc3Cl)c3ccccc3n2)cc1. The number of halogens is 1. The first-order chi connectivity index (χ1) is 16.4. The van der Waals surface area contributed by atoms with Crippen LogP contribution in [-0.4, -0.2) is 29.4 Å². The summed E-state index contributed by atoms with van der Waals surface area (Å²) in [6.07, 6.45) is 0. The lowest BCUT2D eigenvalue weighted by Crippen LogP contribution is -2.43. The van der Waals surface area contributed by atoms with Crippen LogP contribution in [0.5, 0.6) is 0 Å². The number of aromatic nitrogens is 1. The summed E-state index contributed by atoms with van der Waals surface area (Å²) in [7, 11) is 0. The Morgan fingerprint density at radius 1 is 0.882 bits per heavy atom. The first kappa shape index (κ1) is 22.9. The molecule has 0 unspecified atom stereocenters. The number of pyridine rings is 1. The minimum Gasteiger partial charge on any atom is -0.452 e. The van der Waals surface area contributed by atoms with Crippen LogP contribution in [0.15, 0.2) is 78.9 Å². The number of nitrogens with zero attached hydrogens (tertiary/aromatic N) is 1. The Morgan fingerprint density at radius 2 is 1.59 bits per heavy atom. The number of hydrogen-bond acceptors (Lipinski definition) is 5.